The fourth-order valence-corrected chi connectivity index (χ4v) is 2.64. The van der Waals surface area contributed by atoms with Gasteiger partial charge in [-0.3, -0.25) is 19.6 Å². The third-order valence-corrected chi connectivity index (χ3v) is 4.04. The van der Waals surface area contributed by atoms with Crippen LogP contribution in [0.3, 0.4) is 0 Å². The summed E-state index contributed by atoms with van der Waals surface area (Å²) in [5.74, 6) is -2.56. The zero-order valence-corrected chi connectivity index (χ0v) is 21.8. The predicted octanol–water partition coefficient (Wildman–Crippen LogP) is 2.64. The van der Waals surface area contributed by atoms with E-state index in [1.165, 1.54) is 59.3 Å². The zero-order valence-electron chi connectivity index (χ0n) is 20.3. The molecule has 14 heteroatoms. The van der Waals surface area contributed by atoms with Gasteiger partial charge in [0.2, 0.25) is 5.69 Å². The Morgan fingerprint density at radius 1 is 0.861 bits per heavy atom. The van der Waals surface area contributed by atoms with E-state index in [0.717, 1.165) is 4.73 Å². The molecule has 2 aromatic heterocycles. The van der Waals surface area contributed by atoms with Gasteiger partial charge >= 0.3 is 35.0 Å². The van der Waals surface area contributed by atoms with Crippen molar-refractivity contribution < 1.29 is 52.9 Å². The molecule has 0 saturated heterocycles. The van der Waals surface area contributed by atoms with Crippen LogP contribution in [-0.4, -0.2) is 54.3 Å². The summed E-state index contributed by atoms with van der Waals surface area (Å²) >= 11 is 11.3. The summed E-state index contributed by atoms with van der Waals surface area (Å²) in [6.45, 7) is 5.24. The number of aryl methyl sites for hydroxylation is 1. The minimum atomic E-state index is -0.562. The monoisotopic (exact) mass is 547 g/mol. The Balaban J connectivity index is 0.000000550. The lowest BCUT2D eigenvalue weighted by Gasteiger charge is -2.04. The van der Waals surface area contributed by atoms with Crippen molar-refractivity contribution in [2.24, 2.45) is 0 Å². The van der Waals surface area contributed by atoms with Crippen LogP contribution in [0, 0.1) is 6.92 Å². The van der Waals surface area contributed by atoms with Gasteiger partial charge in [0, 0.05) is 44.6 Å². The van der Waals surface area contributed by atoms with Gasteiger partial charge in [-0.2, -0.15) is 0 Å². The van der Waals surface area contributed by atoms with E-state index >= 15 is 0 Å². The van der Waals surface area contributed by atoms with Crippen molar-refractivity contribution in [3.05, 3.63) is 57.1 Å². The largest absolute Gasteiger partial charge is 0.465 e. The molecule has 0 saturated carbocycles. The lowest BCUT2D eigenvalue weighted by molar-refractivity contribution is -0.907. The van der Waals surface area contributed by atoms with Crippen molar-refractivity contribution in [1.82, 2.24) is 4.98 Å². The maximum Gasteiger partial charge on any atom is 0.338 e. The van der Waals surface area contributed by atoms with Crippen LogP contribution in [-0.2, 0) is 39.9 Å². The minimum Gasteiger partial charge on any atom is -0.465 e. The number of pyridine rings is 2. The van der Waals surface area contributed by atoms with Gasteiger partial charge in [-0.25, -0.2) is 14.6 Å². The van der Waals surface area contributed by atoms with Gasteiger partial charge in [-0.15, -0.1) is 0 Å². The van der Waals surface area contributed by atoms with E-state index in [1.54, 1.807) is 6.92 Å². The van der Waals surface area contributed by atoms with E-state index in [1.807, 2.05) is 0 Å². The normalized spacial score (nSPS) is 9.33. The number of rotatable bonds is 4. The van der Waals surface area contributed by atoms with Gasteiger partial charge in [0.05, 0.1) is 31.0 Å². The Morgan fingerprint density at radius 3 is 1.75 bits per heavy atom. The first kappa shape index (κ1) is 32.2. The van der Waals surface area contributed by atoms with Crippen molar-refractivity contribution in [1.29, 1.82) is 0 Å². The topological polar surface area (TPSA) is 159 Å². The van der Waals surface area contributed by atoms with Crippen molar-refractivity contribution in [2.45, 2.75) is 34.3 Å². The van der Waals surface area contributed by atoms with E-state index in [-0.39, 0.29) is 22.5 Å². The number of methoxy groups -OCH3 is 2. The maximum atomic E-state index is 11.2. The second kappa shape index (κ2) is 16.0. The smallest absolute Gasteiger partial charge is 0.338 e. The first-order valence-corrected chi connectivity index (χ1v) is 10.5. The van der Waals surface area contributed by atoms with Crippen molar-refractivity contribution in [3.63, 3.8) is 0 Å². The van der Waals surface area contributed by atoms with Crippen LogP contribution in [0.15, 0.2) is 24.3 Å². The number of carbonyl (C=O) groups excluding carboxylic acids is 5. The van der Waals surface area contributed by atoms with Crippen molar-refractivity contribution >= 4 is 53.0 Å². The number of nitrogens with zero attached hydrogens (tertiary/aromatic N) is 2. The molecule has 2 rings (SSSR count). The third-order valence-electron chi connectivity index (χ3n) is 3.58. The molecule has 0 unspecified atom stereocenters. The fraction of sp³-hybridized carbons (Fsp3) is 0.318. The van der Waals surface area contributed by atoms with Gasteiger partial charge in [0.15, 0.2) is 0 Å². The van der Waals surface area contributed by atoms with E-state index in [2.05, 4.69) is 19.2 Å². The van der Waals surface area contributed by atoms with Crippen LogP contribution in [0.4, 0.5) is 0 Å². The Hall–Kier alpha value is -3.77. The van der Waals surface area contributed by atoms with Crippen molar-refractivity contribution in [3.8, 4) is 0 Å². The van der Waals surface area contributed by atoms with Crippen LogP contribution in [0.1, 0.15) is 52.9 Å². The molecule has 0 bridgehead atoms. The summed E-state index contributed by atoms with van der Waals surface area (Å²) in [5, 5.41) is 9.43. The summed E-state index contributed by atoms with van der Waals surface area (Å²) in [6, 6.07) is 5.66. The molecule has 0 amide bonds. The SMILES string of the molecule is CC(=O)OC(C)=O.COC(=O)c1cc(C)[n+](O)c(Cl)c1.COC(=O)c1cc(Cl)nc(COC(C)=O)c1. The molecule has 0 aliphatic heterocycles. The Labute approximate surface area is 216 Å². The lowest BCUT2D eigenvalue weighted by atomic mass is 10.2. The highest BCUT2D eigenvalue weighted by molar-refractivity contribution is 6.29. The summed E-state index contributed by atoms with van der Waals surface area (Å²) in [6.07, 6.45) is 0. The molecule has 36 heavy (non-hydrogen) atoms. The Bertz CT molecular complexity index is 1090. The molecule has 12 nitrogen and oxygen atoms in total. The van der Waals surface area contributed by atoms with Crippen LogP contribution < -0.4 is 4.73 Å². The molecule has 1 N–H and O–H groups in total. The number of hydrogen-bond acceptors (Lipinski definition) is 11. The number of carbonyl (C=O) groups is 5. The molecular formula is C22H25Cl2N2O10+. The summed E-state index contributed by atoms with van der Waals surface area (Å²) in [5.41, 5.74) is 1.44. The molecule has 196 valence electrons. The molecule has 0 aliphatic carbocycles. The second-order valence-corrected chi connectivity index (χ2v) is 7.31. The van der Waals surface area contributed by atoms with E-state index in [4.69, 9.17) is 27.9 Å². The summed E-state index contributed by atoms with van der Waals surface area (Å²) in [7, 11) is 2.55. The molecule has 0 aromatic carbocycles. The number of esters is 5. The highest BCUT2D eigenvalue weighted by Gasteiger charge is 2.17. The number of halogens is 2. The highest BCUT2D eigenvalue weighted by Crippen LogP contribution is 2.13. The highest BCUT2D eigenvalue weighted by atomic mass is 35.5. The minimum absolute atomic E-state index is 0.0279. The van der Waals surface area contributed by atoms with Gasteiger partial charge < -0.3 is 18.9 Å². The average molecular weight is 548 g/mol. The molecule has 0 spiro atoms. The Kier molecular flexibility index (Phi) is 14.3. The molecule has 2 heterocycles. The molecule has 0 fully saturated rings. The Morgan fingerprint density at radius 2 is 1.36 bits per heavy atom. The van der Waals surface area contributed by atoms with Crippen LogP contribution >= 0.6 is 23.2 Å². The van der Waals surface area contributed by atoms with Crippen LogP contribution in [0.5, 0.6) is 0 Å². The maximum absolute atomic E-state index is 11.2. The molecule has 0 aliphatic rings. The number of aromatic nitrogens is 2. The van der Waals surface area contributed by atoms with E-state index in [0.29, 0.717) is 17.0 Å². The van der Waals surface area contributed by atoms with E-state index in [9.17, 15) is 29.2 Å². The number of ether oxygens (including phenoxy) is 4. The van der Waals surface area contributed by atoms with E-state index < -0.39 is 29.8 Å². The standard InChI is InChI=1S/C10H10ClNO4.C8H9ClNO3.C4H6O3/c1-6(13)16-5-8-3-7(10(14)15-2)4-9(11)12-8;1-5-3-6(8(11)13-2)4-7(9)10(5)12;1-3(5)7-4(2)6/h3-4H,5H2,1-2H3;3-4,12H,1-2H3;1-2H3/q;+1;. The quantitative estimate of drug-likeness (QED) is 0.149. The first-order chi connectivity index (χ1) is 16.7. The van der Waals surface area contributed by atoms with Crippen LogP contribution in [0.25, 0.3) is 0 Å². The lowest BCUT2D eigenvalue weighted by Crippen LogP contribution is -2.35. The van der Waals surface area contributed by atoms with Gasteiger partial charge in [-0.05, 0) is 23.7 Å². The summed E-state index contributed by atoms with van der Waals surface area (Å²) in [4.78, 5) is 56.4. The van der Waals surface area contributed by atoms with Gasteiger partial charge in [0.25, 0.3) is 0 Å². The third kappa shape index (κ3) is 12.6. The van der Waals surface area contributed by atoms with Crippen LogP contribution in [0.2, 0.25) is 10.3 Å². The molecular weight excluding hydrogens is 523 g/mol. The summed E-state index contributed by atoms with van der Waals surface area (Å²) < 4.78 is 18.5. The second-order valence-electron chi connectivity index (χ2n) is 6.54. The van der Waals surface area contributed by atoms with Gasteiger partial charge in [0.1, 0.15) is 11.8 Å². The average Bonchev–Trinajstić information content (AvgIpc) is 2.79. The number of hydrogen-bond donors (Lipinski definition) is 1. The molecule has 0 atom stereocenters. The zero-order chi connectivity index (χ0) is 28.0. The first-order valence-electron chi connectivity index (χ1n) is 9.78. The molecule has 0 radical (unpaired) electrons. The molecule has 2 aromatic rings. The predicted molar refractivity (Wildman–Crippen MR) is 123 cm³/mol. The van der Waals surface area contributed by atoms with Crippen molar-refractivity contribution in [2.75, 3.05) is 14.2 Å². The fourth-order valence-electron chi connectivity index (χ4n) is 2.16. The van der Waals surface area contributed by atoms with Gasteiger partial charge in [-0.1, -0.05) is 11.6 Å².